The van der Waals surface area contributed by atoms with Crippen LogP contribution in [0.15, 0.2) is 82.2 Å². The van der Waals surface area contributed by atoms with Crippen molar-refractivity contribution < 1.29 is 9.72 Å². The summed E-state index contributed by atoms with van der Waals surface area (Å²) in [7, 11) is 0. The van der Waals surface area contributed by atoms with Crippen LogP contribution < -0.4 is 10.6 Å². The van der Waals surface area contributed by atoms with Gasteiger partial charge in [0.05, 0.1) is 22.5 Å². The van der Waals surface area contributed by atoms with Gasteiger partial charge in [-0.2, -0.15) is 5.26 Å². The fourth-order valence-corrected chi connectivity index (χ4v) is 6.83. The second-order valence-corrected chi connectivity index (χ2v) is 11.9. The summed E-state index contributed by atoms with van der Waals surface area (Å²) < 4.78 is 0. The average molecular weight is 585 g/mol. The second-order valence-electron chi connectivity index (χ2n) is 10.4. The lowest BCUT2D eigenvalue weighted by Gasteiger charge is -2.40. The van der Waals surface area contributed by atoms with Gasteiger partial charge in [-0.15, -0.1) is 11.8 Å². The van der Waals surface area contributed by atoms with E-state index in [9.17, 15) is 20.2 Å². The van der Waals surface area contributed by atoms with Gasteiger partial charge < -0.3 is 5.73 Å². The van der Waals surface area contributed by atoms with Crippen molar-refractivity contribution in [1.82, 2.24) is 0 Å². The molecular formula is C32H29ClN4O3S. The van der Waals surface area contributed by atoms with Crippen molar-refractivity contribution in [3.63, 3.8) is 0 Å². The van der Waals surface area contributed by atoms with Gasteiger partial charge in [0.1, 0.15) is 11.5 Å². The van der Waals surface area contributed by atoms with Gasteiger partial charge in [-0.25, -0.2) is 0 Å². The number of nitro benzene ring substituents is 1. The summed E-state index contributed by atoms with van der Waals surface area (Å²) in [5.41, 5.74) is 13.1. The van der Waals surface area contributed by atoms with E-state index in [2.05, 4.69) is 43.3 Å². The average Bonchev–Trinajstić information content (AvgIpc) is 2.94. The highest BCUT2D eigenvalue weighted by atomic mass is 35.5. The molecular weight excluding hydrogens is 556 g/mol. The summed E-state index contributed by atoms with van der Waals surface area (Å²) >= 11 is 7.82. The van der Waals surface area contributed by atoms with Crippen LogP contribution in [-0.4, -0.2) is 10.7 Å². The molecule has 0 fully saturated rings. The van der Waals surface area contributed by atoms with Crippen LogP contribution in [0.2, 0.25) is 5.02 Å². The van der Waals surface area contributed by atoms with Crippen molar-refractivity contribution in [2.45, 2.75) is 56.6 Å². The van der Waals surface area contributed by atoms with Crippen LogP contribution in [-0.2, 0) is 10.5 Å². The second kappa shape index (κ2) is 11.4. The number of carbonyl (C=O) groups is 1. The molecule has 3 aromatic rings. The van der Waals surface area contributed by atoms with Crippen molar-refractivity contribution in [3.8, 4) is 6.07 Å². The minimum atomic E-state index is -0.659. The third-order valence-electron chi connectivity index (χ3n) is 7.71. The topological polar surface area (TPSA) is 113 Å². The van der Waals surface area contributed by atoms with E-state index in [1.807, 2.05) is 19.9 Å². The Morgan fingerprint density at radius 3 is 2.51 bits per heavy atom. The first-order valence-electron chi connectivity index (χ1n) is 13.3. The van der Waals surface area contributed by atoms with E-state index >= 15 is 0 Å². The fourth-order valence-electron chi connectivity index (χ4n) is 5.71. The molecule has 0 bridgehead atoms. The first-order valence-corrected chi connectivity index (χ1v) is 14.7. The molecule has 9 heteroatoms. The number of hydrogen-bond acceptors (Lipinski definition) is 7. The summed E-state index contributed by atoms with van der Waals surface area (Å²) in [5, 5.41) is 22.7. The van der Waals surface area contributed by atoms with Crippen LogP contribution in [0.4, 0.5) is 11.4 Å². The molecule has 1 heterocycles. The molecule has 0 aromatic heterocycles. The number of benzene rings is 3. The number of nitrogens with zero attached hydrogens (tertiary/aromatic N) is 3. The highest BCUT2D eigenvalue weighted by molar-refractivity contribution is 7.98. The normalized spacial score (nSPS) is 17.0. The fraction of sp³-hybridized carbons (Fsp3) is 0.250. The number of allylic oxidation sites excluding steroid dienone is 3. The number of rotatable bonds is 6. The zero-order valence-electron chi connectivity index (χ0n) is 23.0. The Hall–Kier alpha value is -4.06. The molecule has 0 saturated heterocycles. The molecule has 7 nitrogen and oxygen atoms in total. The third kappa shape index (κ3) is 5.35. The monoisotopic (exact) mass is 584 g/mol. The number of nitro groups is 1. The molecule has 2 N–H and O–H groups in total. The Labute approximate surface area is 248 Å². The van der Waals surface area contributed by atoms with Crippen molar-refractivity contribution in [2.75, 3.05) is 4.90 Å². The molecule has 1 atom stereocenters. The van der Waals surface area contributed by atoms with Crippen molar-refractivity contribution in [1.29, 1.82) is 5.26 Å². The number of nitrogens with two attached hydrogens (primary N) is 1. The van der Waals surface area contributed by atoms with Crippen LogP contribution in [0.1, 0.15) is 53.0 Å². The van der Waals surface area contributed by atoms with E-state index in [1.54, 1.807) is 17.8 Å². The standard InChI is InChI=1S/C32H29ClN4O3S/c1-18-7-10-23(11-8-18)41-17-21-13-19(2)14-24(20(21)3)30-25(16-34)32(35)36(27-5-4-6-29(38)31(27)30)26-12-9-22(33)15-28(26)37(39)40/h7-15,30H,4-6,17,35H2,1-3H3. The Morgan fingerprint density at radius 2 is 1.83 bits per heavy atom. The molecule has 0 saturated carbocycles. The number of carbonyl (C=O) groups excluding carboxylic acids is 1. The van der Waals surface area contributed by atoms with Crippen LogP contribution in [0.3, 0.4) is 0 Å². The SMILES string of the molecule is Cc1ccc(SCc2cc(C)cc(C3C(C#N)=C(N)N(c4ccc(Cl)cc4[N+](=O)[O-])C4=C3C(=O)CCC4)c2C)cc1. The molecule has 0 spiro atoms. The number of anilines is 1. The van der Waals surface area contributed by atoms with Crippen LogP contribution >= 0.6 is 23.4 Å². The van der Waals surface area contributed by atoms with E-state index in [-0.39, 0.29) is 33.6 Å². The molecule has 41 heavy (non-hydrogen) atoms. The Morgan fingerprint density at radius 1 is 1.10 bits per heavy atom. The number of nitriles is 1. The lowest BCUT2D eigenvalue weighted by molar-refractivity contribution is -0.384. The summed E-state index contributed by atoms with van der Waals surface area (Å²) in [4.78, 5) is 27.8. The lowest BCUT2D eigenvalue weighted by Crippen LogP contribution is -2.39. The largest absolute Gasteiger partial charge is 0.384 e. The van der Waals surface area contributed by atoms with Crippen molar-refractivity contribution >= 4 is 40.5 Å². The Balaban J connectivity index is 1.66. The number of Topliss-reactive ketones (excluding diaryl/α,β-unsaturated/α-hetero) is 1. The maximum Gasteiger partial charge on any atom is 0.294 e. The number of aryl methyl sites for hydroxylation is 2. The molecule has 3 aromatic carbocycles. The quantitative estimate of drug-likeness (QED) is 0.179. The minimum Gasteiger partial charge on any atom is -0.384 e. The summed E-state index contributed by atoms with van der Waals surface area (Å²) in [5.74, 6) is 0.0799. The molecule has 2 aliphatic rings. The van der Waals surface area contributed by atoms with E-state index in [1.165, 1.54) is 22.6 Å². The van der Waals surface area contributed by atoms with E-state index < -0.39 is 10.8 Å². The van der Waals surface area contributed by atoms with Gasteiger partial charge >= 0.3 is 0 Å². The number of thioether (sulfide) groups is 1. The molecule has 1 unspecified atom stereocenters. The number of ketones is 1. The highest BCUT2D eigenvalue weighted by Crippen LogP contribution is 2.49. The summed E-state index contributed by atoms with van der Waals surface area (Å²) in [6.07, 6.45) is 1.42. The van der Waals surface area contributed by atoms with Gasteiger partial charge in [-0.3, -0.25) is 19.8 Å². The smallest absolute Gasteiger partial charge is 0.294 e. The van der Waals surface area contributed by atoms with E-state index in [0.717, 1.165) is 32.9 Å². The van der Waals surface area contributed by atoms with Crippen LogP contribution in [0.25, 0.3) is 0 Å². The molecule has 0 radical (unpaired) electrons. The van der Waals surface area contributed by atoms with Gasteiger partial charge in [0.25, 0.3) is 5.69 Å². The minimum absolute atomic E-state index is 0.0744. The molecule has 1 aliphatic heterocycles. The maximum absolute atomic E-state index is 13.6. The molecule has 0 amide bonds. The van der Waals surface area contributed by atoms with E-state index in [0.29, 0.717) is 30.5 Å². The van der Waals surface area contributed by atoms with Crippen LogP contribution in [0, 0.1) is 42.2 Å². The zero-order valence-corrected chi connectivity index (χ0v) is 24.6. The van der Waals surface area contributed by atoms with Crippen molar-refractivity contribution in [2.24, 2.45) is 5.73 Å². The zero-order chi connectivity index (χ0) is 29.4. The highest BCUT2D eigenvalue weighted by Gasteiger charge is 2.42. The predicted octanol–water partition coefficient (Wildman–Crippen LogP) is 7.77. The van der Waals surface area contributed by atoms with Gasteiger partial charge in [-0.05, 0) is 74.6 Å². The first-order chi connectivity index (χ1) is 19.6. The number of hydrogen-bond donors (Lipinski definition) is 1. The van der Waals surface area contributed by atoms with Gasteiger partial charge in [-0.1, -0.05) is 47.0 Å². The summed E-state index contributed by atoms with van der Waals surface area (Å²) in [6.45, 7) is 6.09. The van der Waals surface area contributed by atoms with Gasteiger partial charge in [0.2, 0.25) is 0 Å². The predicted molar refractivity (Wildman–Crippen MR) is 163 cm³/mol. The summed E-state index contributed by atoms with van der Waals surface area (Å²) in [6, 6.07) is 19.1. The first kappa shape index (κ1) is 28.5. The Bertz CT molecular complexity index is 1690. The van der Waals surface area contributed by atoms with E-state index in [4.69, 9.17) is 17.3 Å². The number of halogens is 1. The van der Waals surface area contributed by atoms with Gasteiger partial charge in [0.15, 0.2) is 5.78 Å². The molecule has 208 valence electrons. The third-order valence-corrected chi connectivity index (χ3v) is 9.01. The Kier molecular flexibility index (Phi) is 7.94. The van der Waals surface area contributed by atoms with Crippen LogP contribution in [0.5, 0.6) is 0 Å². The maximum atomic E-state index is 13.6. The molecule has 5 rings (SSSR count). The van der Waals surface area contributed by atoms with Gasteiger partial charge in [0, 0.05) is 39.4 Å². The lowest BCUT2D eigenvalue weighted by atomic mass is 9.73. The van der Waals surface area contributed by atoms with Crippen molar-refractivity contribution in [3.05, 3.63) is 120 Å². The molecule has 1 aliphatic carbocycles.